The molecule has 1 fully saturated rings. The Bertz CT molecular complexity index is 1340. The van der Waals surface area contributed by atoms with Crippen LogP contribution in [0.4, 0.5) is 10.2 Å². The molecule has 1 aliphatic rings. The number of carbonyl (C=O) groups excluding carboxylic acids is 1. The number of benzene rings is 1. The van der Waals surface area contributed by atoms with Gasteiger partial charge in [-0.3, -0.25) is 14.4 Å². The maximum absolute atomic E-state index is 15.3. The minimum absolute atomic E-state index is 0.0246. The standard InChI is InChI=1S/C24H25FN6OS/c1-14-15(2)33-21-8-10-27-23(22(14)21)31(17-5-4-9-26-12-17)24(32)18-7-6-16(11-19(18)25)20-13-30(3)29-28-20/h6-8,10-11,13,17,26H,4-5,9,12H2,1-3H3. The lowest BCUT2D eigenvalue weighted by Crippen LogP contribution is -2.49. The minimum Gasteiger partial charge on any atom is -0.315 e. The molecular weight excluding hydrogens is 439 g/mol. The number of hydrogen-bond acceptors (Lipinski definition) is 6. The summed E-state index contributed by atoms with van der Waals surface area (Å²) >= 11 is 1.69. The number of aryl methyl sites for hydroxylation is 3. The van der Waals surface area contributed by atoms with Gasteiger partial charge in [0.25, 0.3) is 5.91 Å². The zero-order valence-electron chi connectivity index (χ0n) is 18.8. The lowest BCUT2D eigenvalue weighted by molar-refractivity contribution is 0.0968. The third kappa shape index (κ3) is 3.91. The van der Waals surface area contributed by atoms with E-state index >= 15 is 4.39 Å². The van der Waals surface area contributed by atoms with E-state index in [0.29, 0.717) is 23.6 Å². The number of anilines is 1. The second kappa shape index (κ2) is 8.64. The highest BCUT2D eigenvalue weighted by Crippen LogP contribution is 2.37. The van der Waals surface area contributed by atoms with Crippen molar-refractivity contribution in [2.45, 2.75) is 32.7 Å². The molecule has 1 aromatic carbocycles. The SMILES string of the molecule is Cc1sc2ccnc(N(C(=O)c3ccc(-c4cn(C)nn4)cc3F)C3CCCNC3)c2c1C. The number of nitrogens with one attached hydrogen (secondary N) is 1. The van der Waals surface area contributed by atoms with E-state index in [2.05, 4.69) is 34.5 Å². The van der Waals surface area contributed by atoms with Crippen molar-refractivity contribution in [2.24, 2.45) is 7.05 Å². The molecule has 7 nitrogen and oxygen atoms in total. The van der Waals surface area contributed by atoms with Gasteiger partial charge < -0.3 is 5.32 Å². The lowest BCUT2D eigenvalue weighted by Gasteiger charge is -2.34. The molecule has 1 amide bonds. The Morgan fingerprint density at radius 2 is 2.15 bits per heavy atom. The first-order chi connectivity index (χ1) is 15.9. The van der Waals surface area contributed by atoms with Gasteiger partial charge >= 0.3 is 0 Å². The fraction of sp³-hybridized carbons (Fsp3) is 0.333. The molecule has 1 aliphatic heterocycles. The number of aromatic nitrogens is 4. The summed E-state index contributed by atoms with van der Waals surface area (Å²) in [7, 11) is 1.75. The molecule has 1 saturated heterocycles. The molecule has 0 radical (unpaired) electrons. The first kappa shape index (κ1) is 21.7. The van der Waals surface area contributed by atoms with Gasteiger partial charge in [-0.25, -0.2) is 9.37 Å². The number of halogens is 1. The maximum Gasteiger partial charge on any atom is 0.262 e. The van der Waals surface area contributed by atoms with Crippen LogP contribution in [0.5, 0.6) is 0 Å². The largest absolute Gasteiger partial charge is 0.315 e. The molecule has 4 heterocycles. The van der Waals surface area contributed by atoms with Crippen LogP contribution in [0, 0.1) is 19.7 Å². The van der Waals surface area contributed by atoms with Gasteiger partial charge in [0.2, 0.25) is 0 Å². The van der Waals surface area contributed by atoms with Crippen molar-refractivity contribution in [1.29, 1.82) is 0 Å². The quantitative estimate of drug-likeness (QED) is 0.489. The predicted molar refractivity (Wildman–Crippen MR) is 128 cm³/mol. The second-order valence-electron chi connectivity index (χ2n) is 8.44. The molecule has 4 aromatic rings. The van der Waals surface area contributed by atoms with Crippen LogP contribution in [0.3, 0.4) is 0 Å². The minimum atomic E-state index is -0.581. The molecular formula is C24H25FN6OS. The number of piperidine rings is 1. The van der Waals surface area contributed by atoms with E-state index in [1.807, 2.05) is 6.07 Å². The molecule has 0 bridgehead atoms. The molecule has 5 rings (SSSR count). The summed E-state index contributed by atoms with van der Waals surface area (Å²) in [5.74, 6) is -0.358. The summed E-state index contributed by atoms with van der Waals surface area (Å²) < 4.78 is 17.9. The Morgan fingerprint density at radius 3 is 2.85 bits per heavy atom. The van der Waals surface area contributed by atoms with Crippen molar-refractivity contribution in [3.63, 3.8) is 0 Å². The van der Waals surface area contributed by atoms with Crippen LogP contribution in [0.25, 0.3) is 21.3 Å². The Kier molecular flexibility index (Phi) is 5.67. The van der Waals surface area contributed by atoms with E-state index < -0.39 is 5.82 Å². The van der Waals surface area contributed by atoms with Crippen LogP contribution in [-0.4, -0.2) is 45.0 Å². The summed E-state index contributed by atoms with van der Waals surface area (Å²) in [6, 6.07) is 6.47. The maximum atomic E-state index is 15.3. The number of nitrogens with zero attached hydrogens (tertiary/aromatic N) is 5. The highest BCUT2D eigenvalue weighted by Gasteiger charge is 2.32. The summed E-state index contributed by atoms with van der Waals surface area (Å²) in [6.45, 7) is 5.68. The van der Waals surface area contributed by atoms with Crippen molar-refractivity contribution >= 4 is 33.1 Å². The van der Waals surface area contributed by atoms with E-state index in [9.17, 15) is 4.79 Å². The summed E-state index contributed by atoms with van der Waals surface area (Å²) in [4.78, 5) is 21.4. The van der Waals surface area contributed by atoms with Crippen molar-refractivity contribution in [1.82, 2.24) is 25.3 Å². The summed E-state index contributed by atoms with van der Waals surface area (Å²) in [5, 5.41) is 12.3. The lowest BCUT2D eigenvalue weighted by atomic mass is 10.0. The third-order valence-corrected chi connectivity index (χ3v) is 7.41. The molecule has 1 unspecified atom stereocenters. The number of pyridine rings is 1. The number of rotatable bonds is 4. The van der Waals surface area contributed by atoms with Crippen LogP contribution in [0.1, 0.15) is 33.6 Å². The van der Waals surface area contributed by atoms with Crippen LogP contribution in [-0.2, 0) is 7.05 Å². The first-order valence-electron chi connectivity index (χ1n) is 11.0. The molecule has 9 heteroatoms. The average molecular weight is 465 g/mol. The summed E-state index contributed by atoms with van der Waals surface area (Å²) in [5.41, 5.74) is 2.27. The molecule has 1 atom stereocenters. The van der Waals surface area contributed by atoms with Crippen LogP contribution >= 0.6 is 11.3 Å². The van der Waals surface area contributed by atoms with Gasteiger partial charge in [0.15, 0.2) is 0 Å². The molecule has 33 heavy (non-hydrogen) atoms. The monoisotopic (exact) mass is 464 g/mol. The van der Waals surface area contributed by atoms with Gasteiger partial charge in [-0.15, -0.1) is 16.4 Å². The van der Waals surface area contributed by atoms with E-state index in [-0.39, 0.29) is 17.5 Å². The number of amides is 1. The average Bonchev–Trinajstić information content (AvgIpc) is 3.37. The number of carbonyl (C=O) groups is 1. The Hall–Kier alpha value is -3.17. The van der Waals surface area contributed by atoms with E-state index in [1.165, 1.54) is 17.0 Å². The Morgan fingerprint density at radius 1 is 1.30 bits per heavy atom. The normalized spacial score (nSPS) is 16.3. The number of hydrogen-bond donors (Lipinski definition) is 1. The van der Waals surface area contributed by atoms with Gasteiger partial charge in [0.05, 0.1) is 17.8 Å². The molecule has 3 aromatic heterocycles. The fourth-order valence-electron chi connectivity index (χ4n) is 4.42. The smallest absolute Gasteiger partial charge is 0.262 e. The zero-order chi connectivity index (χ0) is 23.1. The van der Waals surface area contributed by atoms with Crippen molar-refractivity contribution in [3.8, 4) is 11.3 Å². The number of fused-ring (bicyclic) bond motifs is 1. The van der Waals surface area contributed by atoms with Crippen molar-refractivity contribution < 1.29 is 9.18 Å². The topological polar surface area (TPSA) is 75.9 Å². The first-order valence-corrected chi connectivity index (χ1v) is 11.8. The number of thiophene rings is 1. The van der Waals surface area contributed by atoms with E-state index in [4.69, 9.17) is 0 Å². The summed E-state index contributed by atoms with van der Waals surface area (Å²) in [6.07, 6.45) is 5.22. The molecule has 0 spiro atoms. The zero-order valence-corrected chi connectivity index (χ0v) is 19.6. The van der Waals surface area contributed by atoms with E-state index in [1.54, 1.807) is 46.4 Å². The highest BCUT2D eigenvalue weighted by atomic mass is 32.1. The third-order valence-electron chi connectivity index (χ3n) is 6.24. The van der Waals surface area contributed by atoms with Gasteiger partial charge in [-0.1, -0.05) is 11.3 Å². The highest BCUT2D eigenvalue weighted by molar-refractivity contribution is 7.19. The van der Waals surface area contributed by atoms with Gasteiger partial charge in [-0.2, -0.15) is 0 Å². The fourth-order valence-corrected chi connectivity index (χ4v) is 5.48. The van der Waals surface area contributed by atoms with Gasteiger partial charge in [-0.05, 0) is 57.0 Å². The van der Waals surface area contributed by atoms with Crippen molar-refractivity contribution in [3.05, 3.63) is 58.5 Å². The van der Waals surface area contributed by atoms with E-state index in [0.717, 1.165) is 35.0 Å². The Labute approximate surface area is 195 Å². The predicted octanol–water partition coefficient (Wildman–Crippen LogP) is 4.25. The van der Waals surface area contributed by atoms with Gasteiger partial charge in [0, 0.05) is 40.3 Å². The molecule has 0 aliphatic carbocycles. The van der Waals surface area contributed by atoms with Crippen LogP contribution in [0.15, 0.2) is 36.7 Å². The second-order valence-corrected chi connectivity index (χ2v) is 9.69. The van der Waals surface area contributed by atoms with Crippen LogP contribution < -0.4 is 10.2 Å². The Balaban J connectivity index is 1.60. The van der Waals surface area contributed by atoms with Crippen molar-refractivity contribution in [2.75, 3.05) is 18.0 Å². The molecule has 170 valence electrons. The molecule has 1 N–H and O–H groups in total. The van der Waals surface area contributed by atoms with Crippen LogP contribution in [0.2, 0.25) is 0 Å². The molecule has 0 saturated carbocycles. The van der Waals surface area contributed by atoms with Gasteiger partial charge in [0.1, 0.15) is 17.3 Å².